The molecule has 3 rings (SSSR count). The minimum absolute atomic E-state index is 0.0449. The molecule has 2 unspecified atom stereocenters. The van der Waals surface area contributed by atoms with E-state index in [2.05, 4.69) is 0 Å². The zero-order chi connectivity index (χ0) is 15.0. The summed E-state index contributed by atoms with van der Waals surface area (Å²) in [4.78, 5) is 29.0. The van der Waals surface area contributed by atoms with Crippen LogP contribution < -0.4 is 4.90 Å². The number of hydrogen-bond donors (Lipinski definition) is 0. The van der Waals surface area contributed by atoms with Crippen molar-refractivity contribution in [1.82, 2.24) is 4.90 Å². The van der Waals surface area contributed by atoms with E-state index in [1.807, 2.05) is 19.1 Å². The van der Waals surface area contributed by atoms with Crippen molar-refractivity contribution in [3.8, 4) is 0 Å². The van der Waals surface area contributed by atoms with Crippen LogP contribution >= 0.6 is 11.6 Å². The summed E-state index contributed by atoms with van der Waals surface area (Å²) < 4.78 is 0. The monoisotopic (exact) mass is 306 g/mol. The Bertz CT molecular complexity index is 558. The summed E-state index contributed by atoms with van der Waals surface area (Å²) >= 11 is 5.92. The van der Waals surface area contributed by atoms with Gasteiger partial charge in [-0.3, -0.25) is 14.5 Å². The summed E-state index contributed by atoms with van der Waals surface area (Å²) in [6, 6.07) is 6.46. The van der Waals surface area contributed by atoms with E-state index in [4.69, 9.17) is 11.6 Å². The standard InChI is InChI=1S/C16H19ClN2O2/c1-2-13-15(20)18-10-4-3-5-14(18)16(21)19(13)12-8-6-11(17)7-9-12/h6-9,13-14H,2-5,10H2,1H3. The van der Waals surface area contributed by atoms with Gasteiger partial charge in [0, 0.05) is 17.3 Å². The summed E-state index contributed by atoms with van der Waals surface area (Å²) in [6.07, 6.45) is 3.39. The first-order valence-electron chi connectivity index (χ1n) is 7.52. The number of piperidine rings is 1. The number of anilines is 1. The van der Waals surface area contributed by atoms with Gasteiger partial charge in [0.1, 0.15) is 12.1 Å². The van der Waals surface area contributed by atoms with E-state index >= 15 is 0 Å². The van der Waals surface area contributed by atoms with E-state index in [1.54, 1.807) is 21.9 Å². The van der Waals surface area contributed by atoms with Gasteiger partial charge in [-0.15, -0.1) is 0 Å². The molecule has 2 heterocycles. The van der Waals surface area contributed by atoms with Gasteiger partial charge in [-0.1, -0.05) is 18.5 Å². The average molecular weight is 307 g/mol. The first kappa shape index (κ1) is 14.4. The Hall–Kier alpha value is -1.55. The summed E-state index contributed by atoms with van der Waals surface area (Å²) in [5.74, 6) is 0.125. The highest BCUT2D eigenvalue weighted by Crippen LogP contribution is 2.31. The lowest BCUT2D eigenvalue weighted by Gasteiger charge is -2.46. The van der Waals surface area contributed by atoms with E-state index < -0.39 is 6.04 Å². The average Bonchev–Trinajstić information content (AvgIpc) is 2.52. The highest BCUT2D eigenvalue weighted by Gasteiger charge is 2.46. The molecule has 0 N–H and O–H groups in total. The third kappa shape index (κ3) is 2.42. The van der Waals surface area contributed by atoms with Crippen LogP contribution in [0.15, 0.2) is 24.3 Å². The normalized spacial score (nSPS) is 26.0. The van der Waals surface area contributed by atoms with Crippen LogP contribution in [0.4, 0.5) is 5.69 Å². The minimum Gasteiger partial charge on any atom is -0.329 e. The molecule has 0 spiro atoms. The Labute approximate surface area is 129 Å². The molecule has 21 heavy (non-hydrogen) atoms. The van der Waals surface area contributed by atoms with Crippen LogP contribution in [0.1, 0.15) is 32.6 Å². The first-order valence-corrected chi connectivity index (χ1v) is 7.90. The SMILES string of the molecule is CCC1C(=O)N2CCCCC2C(=O)N1c1ccc(Cl)cc1. The molecular weight excluding hydrogens is 288 g/mol. The number of hydrogen-bond acceptors (Lipinski definition) is 2. The molecule has 2 fully saturated rings. The predicted molar refractivity (Wildman–Crippen MR) is 82.4 cm³/mol. The second kappa shape index (κ2) is 5.68. The lowest BCUT2D eigenvalue weighted by atomic mass is 9.94. The number of nitrogens with zero attached hydrogens (tertiary/aromatic N) is 2. The molecule has 2 amide bonds. The van der Waals surface area contributed by atoms with Crippen LogP contribution in [-0.2, 0) is 9.59 Å². The van der Waals surface area contributed by atoms with Gasteiger partial charge in [-0.05, 0) is 49.9 Å². The molecule has 1 aromatic rings. The van der Waals surface area contributed by atoms with Crippen molar-refractivity contribution in [3.05, 3.63) is 29.3 Å². The van der Waals surface area contributed by atoms with E-state index in [9.17, 15) is 9.59 Å². The molecule has 4 nitrogen and oxygen atoms in total. The fourth-order valence-corrected chi connectivity index (χ4v) is 3.46. The highest BCUT2D eigenvalue weighted by atomic mass is 35.5. The maximum atomic E-state index is 12.9. The van der Waals surface area contributed by atoms with Crippen molar-refractivity contribution in [2.75, 3.05) is 11.4 Å². The Morgan fingerprint density at radius 2 is 1.86 bits per heavy atom. The van der Waals surface area contributed by atoms with Crippen molar-refractivity contribution in [2.24, 2.45) is 0 Å². The zero-order valence-corrected chi connectivity index (χ0v) is 12.8. The largest absolute Gasteiger partial charge is 0.329 e. The van der Waals surface area contributed by atoms with Crippen molar-refractivity contribution >= 4 is 29.1 Å². The fourth-order valence-electron chi connectivity index (χ4n) is 3.33. The van der Waals surface area contributed by atoms with Crippen LogP contribution in [0, 0.1) is 0 Å². The Morgan fingerprint density at radius 1 is 1.14 bits per heavy atom. The van der Waals surface area contributed by atoms with Gasteiger partial charge in [0.2, 0.25) is 5.91 Å². The quantitative estimate of drug-likeness (QED) is 0.843. The smallest absolute Gasteiger partial charge is 0.250 e. The maximum Gasteiger partial charge on any atom is 0.250 e. The Kier molecular flexibility index (Phi) is 3.89. The molecule has 0 aliphatic carbocycles. The zero-order valence-electron chi connectivity index (χ0n) is 12.1. The molecule has 0 aromatic heterocycles. The molecule has 1 aromatic carbocycles. The van der Waals surface area contributed by atoms with Gasteiger partial charge in [-0.2, -0.15) is 0 Å². The lowest BCUT2D eigenvalue weighted by Crippen LogP contribution is -2.66. The summed E-state index contributed by atoms with van der Waals surface area (Å²) in [5, 5.41) is 0.627. The number of benzene rings is 1. The van der Waals surface area contributed by atoms with Gasteiger partial charge in [0.15, 0.2) is 0 Å². The van der Waals surface area contributed by atoms with Crippen molar-refractivity contribution in [3.63, 3.8) is 0 Å². The van der Waals surface area contributed by atoms with Gasteiger partial charge in [0.25, 0.3) is 5.91 Å². The second-order valence-corrected chi connectivity index (χ2v) is 6.09. The van der Waals surface area contributed by atoms with Gasteiger partial charge >= 0.3 is 0 Å². The van der Waals surface area contributed by atoms with Gasteiger partial charge in [0.05, 0.1) is 0 Å². The van der Waals surface area contributed by atoms with E-state index in [-0.39, 0.29) is 17.9 Å². The molecular formula is C16H19ClN2O2. The van der Waals surface area contributed by atoms with Gasteiger partial charge in [-0.25, -0.2) is 0 Å². The molecule has 2 saturated heterocycles. The lowest BCUT2D eigenvalue weighted by molar-refractivity contribution is -0.148. The van der Waals surface area contributed by atoms with E-state index in [0.717, 1.165) is 24.9 Å². The number of amides is 2. The first-order chi connectivity index (χ1) is 10.1. The summed E-state index contributed by atoms with van der Waals surface area (Å²) in [7, 11) is 0. The van der Waals surface area contributed by atoms with E-state index in [1.165, 1.54) is 0 Å². The Morgan fingerprint density at radius 3 is 2.52 bits per heavy atom. The molecule has 0 bridgehead atoms. The minimum atomic E-state index is -0.395. The highest BCUT2D eigenvalue weighted by molar-refractivity contribution is 6.30. The fraction of sp³-hybridized carbons (Fsp3) is 0.500. The van der Waals surface area contributed by atoms with Crippen LogP contribution in [0.2, 0.25) is 5.02 Å². The molecule has 112 valence electrons. The van der Waals surface area contributed by atoms with Gasteiger partial charge < -0.3 is 4.90 Å². The second-order valence-electron chi connectivity index (χ2n) is 5.65. The number of fused-ring (bicyclic) bond motifs is 1. The summed E-state index contributed by atoms with van der Waals surface area (Å²) in [5.41, 5.74) is 0.759. The molecule has 0 radical (unpaired) electrons. The third-order valence-corrected chi connectivity index (χ3v) is 4.65. The number of rotatable bonds is 2. The van der Waals surface area contributed by atoms with Crippen LogP contribution in [-0.4, -0.2) is 35.3 Å². The number of carbonyl (C=O) groups excluding carboxylic acids is 2. The van der Waals surface area contributed by atoms with Crippen LogP contribution in [0.3, 0.4) is 0 Å². The van der Waals surface area contributed by atoms with Crippen molar-refractivity contribution in [2.45, 2.75) is 44.7 Å². The van der Waals surface area contributed by atoms with Crippen LogP contribution in [0.25, 0.3) is 0 Å². The number of carbonyl (C=O) groups is 2. The van der Waals surface area contributed by atoms with E-state index in [0.29, 0.717) is 18.0 Å². The number of piperazine rings is 1. The molecule has 2 atom stereocenters. The predicted octanol–water partition coefficient (Wildman–Crippen LogP) is 2.85. The number of halogens is 1. The molecule has 2 aliphatic rings. The van der Waals surface area contributed by atoms with Crippen molar-refractivity contribution < 1.29 is 9.59 Å². The molecule has 2 aliphatic heterocycles. The topological polar surface area (TPSA) is 40.6 Å². The maximum absolute atomic E-state index is 12.9. The third-order valence-electron chi connectivity index (χ3n) is 4.40. The summed E-state index contributed by atoms with van der Waals surface area (Å²) in [6.45, 7) is 2.66. The van der Waals surface area contributed by atoms with Crippen LogP contribution in [0.5, 0.6) is 0 Å². The Balaban J connectivity index is 1.98. The van der Waals surface area contributed by atoms with Crippen molar-refractivity contribution in [1.29, 1.82) is 0 Å². The molecule has 0 saturated carbocycles. The molecule has 5 heteroatoms.